The van der Waals surface area contributed by atoms with Gasteiger partial charge < -0.3 is 19.5 Å². The van der Waals surface area contributed by atoms with Gasteiger partial charge in [0.25, 0.3) is 5.91 Å². The van der Waals surface area contributed by atoms with Crippen LogP contribution in [-0.2, 0) is 14.8 Å². The summed E-state index contributed by atoms with van der Waals surface area (Å²) in [5, 5.41) is 2.66. The van der Waals surface area contributed by atoms with Gasteiger partial charge in [-0.1, -0.05) is 13.8 Å². The Balaban J connectivity index is 1.96. The van der Waals surface area contributed by atoms with Crippen molar-refractivity contribution < 1.29 is 32.2 Å². The summed E-state index contributed by atoms with van der Waals surface area (Å²) in [4.78, 5) is 25.2. The third-order valence-electron chi connectivity index (χ3n) is 5.76. The number of benzene rings is 2. The number of piperidine rings is 1. The first-order chi connectivity index (χ1) is 16.1. The van der Waals surface area contributed by atoms with Crippen molar-refractivity contribution in [2.45, 2.75) is 25.2 Å². The lowest BCUT2D eigenvalue weighted by Gasteiger charge is -2.34. The van der Waals surface area contributed by atoms with E-state index in [9.17, 15) is 18.0 Å². The van der Waals surface area contributed by atoms with Gasteiger partial charge in [-0.05, 0) is 54.7 Å². The number of rotatable bonds is 7. The molecule has 2 aromatic carbocycles. The van der Waals surface area contributed by atoms with Crippen LogP contribution in [0, 0.1) is 11.8 Å². The molecule has 1 N–H and O–H groups in total. The van der Waals surface area contributed by atoms with Gasteiger partial charge in [0.15, 0.2) is 0 Å². The molecule has 1 amide bonds. The first-order valence-corrected chi connectivity index (χ1v) is 12.3. The summed E-state index contributed by atoms with van der Waals surface area (Å²) in [7, 11) is 0.177. The molecule has 2 aromatic rings. The van der Waals surface area contributed by atoms with E-state index in [1.54, 1.807) is 6.07 Å². The Labute approximate surface area is 200 Å². The number of ether oxygens (including phenoxy) is 3. The summed E-state index contributed by atoms with van der Waals surface area (Å²) in [6, 6.07) is 8.77. The average Bonchev–Trinajstić information content (AvgIpc) is 2.82. The van der Waals surface area contributed by atoms with Gasteiger partial charge in [-0.25, -0.2) is 13.2 Å². The van der Waals surface area contributed by atoms with E-state index in [1.807, 2.05) is 13.8 Å². The number of methoxy groups -OCH3 is 3. The molecule has 2 unspecified atom stereocenters. The Bertz CT molecular complexity index is 1170. The highest BCUT2D eigenvalue weighted by atomic mass is 32.2. The quantitative estimate of drug-likeness (QED) is 0.592. The van der Waals surface area contributed by atoms with Gasteiger partial charge in [-0.3, -0.25) is 4.79 Å². The number of hydrogen-bond donors (Lipinski definition) is 1. The van der Waals surface area contributed by atoms with Crippen LogP contribution in [0.3, 0.4) is 0 Å². The fourth-order valence-electron chi connectivity index (χ4n) is 4.19. The van der Waals surface area contributed by atoms with Crippen LogP contribution in [0.5, 0.6) is 11.5 Å². The largest absolute Gasteiger partial charge is 0.497 e. The monoisotopic (exact) mass is 490 g/mol. The Morgan fingerprint density at radius 2 is 1.65 bits per heavy atom. The van der Waals surface area contributed by atoms with Crippen LogP contribution in [0.4, 0.5) is 5.69 Å². The van der Waals surface area contributed by atoms with Gasteiger partial charge in [-0.15, -0.1) is 0 Å². The molecule has 1 aliphatic rings. The Hall–Kier alpha value is -3.11. The topological polar surface area (TPSA) is 111 Å². The molecule has 1 heterocycles. The fraction of sp³-hybridized carbons (Fsp3) is 0.417. The number of hydrogen-bond acceptors (Lipinski definition) is 7. The van der Waals surface area contributed by atoms with Crippen LogP contribution in [0.15, 0.2) is 41.3 Å². The normalized spacial score (nSPS) is 18.7. The van der Waals surface area contributed by atoms with Crippen LogP contribution < -0.4 is 14.8 Å². The number of esters is 1. The SMILES string of the molecule is COC(=O)c1cc(OC)ccc1NC(=O)c1ccc(OC)c(S(=O)(=O)N2CC(C)CC(C)C2)c1. The lowest BCUT2D eigenvalue weighted by Crippen LogP contribution is -2.42. The van der Waals surface area contributed by atoms with Crippen LogP contribution in [-0.4, -0.2) is 59.0 Å². The van der Waals surface area contributed by atoms with Crippen molar-refractivity contribution in [3.8, 4) is 11.5 Å². The van der Waals surface area contributed by atoms with Crippen molar-refractivity contribution in [2.24, 2.45) is 11.8 Å². The maximum Gasteiger partial charge on any atom is 0.340 e. The lowest BCUT2D eigenvalue weighted by atomic mass is 9.94. The molecule has 2 atom stereocenters. The number of nitrogens with zero attached hydrogens (tertiary/aromatic N) is 1. The molecule has 0 radical (unpaired) electrons. The second-order valence-electron chi connectivity index (χ2n) is 8.49. The Morgan fingerprint density at radius 1 is 0.971 bits per heavy atom. The van der Waals surface area contributed by atoms with Crippen LogP contribution in [0.2, 0.25) is 0 Å². The lowest BCUT2D eigenvalue weighted by molar-refractivity contribution is 0.0601. The minimum atomic E-state index is -3.90. The van der Waals surface area contributed by atoms with Gasteiger partial charge >= 0.3 is 5.97 Å². The van der Waals surface area contributed by atoms with Crippen molar-refractivity contribution in [3.63, 3.8) is 0 Å². The van der Waals surface area contributed by atoms with E-state index in [4.69, 9.17) is 14.2 Å². The van der Waals surface area contributed by atoms with Crippen LogP contribution in [0.1, 0.15) is 41.0 Å². The van der Waals surface area contributed by atoms with Gasteiger partial charge in [0.1, 0.15) is 16.4 Å². The molecule has 1 aliphatic heterocycles. The van der Waals surface area contributed by atoms with Crippen molar-refractivity contribution in [2.75, 3.05) is 39.7 Å². The van der Waals surface area contributed by atoms with E-state index in [1.165, 1.54) is 56.0 Å². The second kappa shape index (κ2) is 10.4. The standard InChI is InChI=1S/C24H30N2O7S/c1-15-10-16(2)14-26(13-15)34(29,30)22-11-17(6-9-21(22)32-4)23(27)25-20-8-7-18(31-3)12-19(20)24(28)33-5/h6-9,11-12,15-16H,10,13-14H2,1-5H3,(H,25,27). The molecule has 0 bridgehead atoms. The van der Waals surface area contributed by atoms with E-state index >= 15 is 0 Å². The molecule has 0 spiro atoms. The molecule has 1 saturated heterocycles. The maximum atomic E-state index is 13.5. The van der Waals surface area contributed by atoms with E-state index < -0.39 is 21.9 Å². The van der Waals surface area contributed by atoms with Gasteiger partial charge in [0, 0.05) is 18.7 Å². The summed E-state index contributed by atoms with van der Waals surface area (Å²) in [6.07, 6.45) is 0.954. The minimum absolute atomic E-state index is 0.0770. The molecular formula is C24H30N2O7S. The molecule has 1 fully saturated rings. The van der Waals surface area contributed by atoms with E-state index in [2.05, 4.69) is 5.32 Å². The molecule has 0 aliphatic carbocycles. The van der Waals surface area contributed by atoms with Crippen molar-refractivity contribution in [1.82, 2.24) is 4.31 Å². The third-order valence-corrected chi connectivity index (χ3v) is 7.61. The van der Waals surface area contributed by atoms with Crippen LogP contribution >= 0.6 is 0 Å². The van der Waals surface area contributed by atoms with Gasteiger partial charge in [-0.2, -0.15) is 4.31 Å². The Morgan fingerprint density at radius 3 is 2.24 bits per heavy atom. The number of anilines is 1. The number of carbonyl (C=O) groups excluding carboxylic acids is 2. The zero-order valence-corrected chi connectivity index (χ0v) is 20.8. The first kappa shape index (κ1) is 25.5. The molecule has 184 valence electrons. The molecule has 34 heavy (non-hydrogen) atoms. The maximum absolute atomic E-state index is 13.5. The predicted octanol–water partition coefficient (Wildman–Crippen LogP) is 3.41. The molecule has 3 rings (SSSR count). The van der Waals surface area contributed by atoms with Gasteiger partial charge in [0.05, 0.1) is 32.6 Å². The third kappa shape index (κ3) is 5.34. The predicted molar refractivity (Wildman–Crippen MR) is 127 cm³/mol. The van der Waals surface area contributed by atoms with Crippen molar-refractivity contribution >= 4 is 27.6 Å². The molecule has 0 saturated carbocycles. The molecule has 0 aromatic heterocycles. The average molecular weight is 491 g/mol. The van der Waals surface area contributed by atoms with E-state index in [0.29, 0.717) is 18.8 Å². The summed E-state index contributed by atoms with van der Waals surface area (Å²) < 4.78 is 43.7. The summed E-state index contributed by atoms with van der Waals surface area (Å²) >= 11 is 0. The summed E-state index contributed by atoms with van der Waals surface area (Å²) in [6.45, 7) is 4.85. The number of nitrogens with one attached hydrogen (secondary N) is 1. The van der Waals surface area contributed by atoms with Crippen LogP contribution in [0.25, 0.3) is 0 Å². The van der Waals surface area contributed by atoms with E-state index in [-0.39, 0.29) is 39.3 Å². The highest BCUT2D eigenvalue weighted by Gasteiger charge is 2.34. The smallest absolute Gasteiger partial charge is 0.340 e. The van der Waals surface area contributed by atoms with Crippen molar-refractivity contribution in [3.05, 3.63) is 47.5 Å². The summed E-state index contributed by atoms with van der Waals surface area (Å²) in [5.41, 5.74) is 0.411. The minimum Gasteiger partial charge on any atom is -0.497 e. The number of carbonyl (C=O) groups is 2. The van der Waals surface area contributed by atoms with Crippen molar-refractivity contribution in [1.29, 1.82) is 0 Å². The number of sulfonamides is 1. The molecule has 10 heteroatoms. The van der Waals surface area contributed by atoms with E-state index in [0.717, 1.165) is 6.42 Å². The highest BCUT2D eigenvalue weighted by molar-refractivity contribution is 7.89. The zero-order valence-electron chi connectivity index (χ0n) is 20.0. The number of amides is 1. The summed E-state index contributed by atoms with van der Waals surface area (Å²) in [5.74, 6) is -0.218. The Kier molecular flexibility index (Phi) is 7.83. The first-order valence-electron chi connectivity index (χ1n) is 10.9. The highest BCUT2D eigenvalue weighted by Crippen LogP contribution is 2.32. The molecular weight excluding hydrogens is 460 g/mol. The zero-order chi connectivity index (χ0) is 25.0. The van der Waals surface area contributed by atoms with Gasteiger partial charge in [0.2, 0.25) is 10.0 Å². The second-order valence-corrected chi connectivity index (χ2v) is 10.4. The fourth-order valence-corrected chi connectivity index (χ4v) is 6.05. The molecule has 9 nitrogen and oxygen atoms in total.